The number of pyridine rings is 1. The number of carboxylic acids is 1. The molecule has 0 radical (unpaired) electrons. The molecule has 0 aliphatic heterocycles. The van der Waals surface area contributed by atoms with Crippen molar-refractivity contribution in [2.45, 2.75) is 79.8 Å². The summed E-state index contributed by atoms with van der Waals surface area (Å²) in [6.07, 6.45) is 2.54. The molecule has 0 aliphatic rings. The Labute approximate surface area is 259 Å². The molecule has 8 nitrogen and oxygen atoms in total. The first kappa shape index (κ1) is 32.1. The van der Waals surface area contributed by atoms with Crippen LogP contribution in [0.5, 0.6) is 11.5 Å². The van der Waals surface area contributed by atoms with Gasteiger partial charge in [0.05, 0.1) is 30.4 Å². The number of nitriles is 1. The van der Waals surface area contributed by atoms with E-state index in [0.717, 1.165) is 50.6 Å². The Morgan fingerprint density at radius 2 is 1.75 bits per heavy atom. The van der Waals surface area contributed by atoms with E-state index in [1.54, 1.807) is 6.92 Å². The van der Waals surface area contributed by atoms with Crippen molar-refractivity contribution >= 4 is 11.6 Å². The van der Waals surface area contributed by atoms with Crippen LogP contribution in [0.2, 0.25) is 0 Å². The van der Waals surface area contributed by atoms with E-state index in [9.17, 15) is 15.2 Å². The molecule has 0 fully saturated rings. The van der Waals surface area contributed by atoms with Crippen LogP contribution in [0.4, 0.5) is 0 Å². The van der Waals surface area contributed by atoms with E-state index in [2.05, 4.69) is 51.7 Å². The molecule has 4 aromatic rings. The van der Waals surface area contributed by atoms with E-state index in [0.29, 0.717) is 25.4 Å². The smallest absolute Gasteiger partial charge is 0.304 e. The number of ether oxygens (including phenoxy) is 2. The quantitative estimate of drug-likeness (QED) is 0.169. The number of nitrogens with zero attached hydrogens (tertiary/aromatic N) is 4. The second kappa shape index (κ2) is 13.7. The van der Waals surface area contributed by atoms with E-state index in [-0.39, 0.29) is 18.3 Å². The van der Waals surface area contributed by atoms with Crippen molar-refractivity contribution < 1.29 is 19.4 Å². The highest BCUT2D eigenvalue weighted by molar-refractivity contribution is 5.82. The van der Waals surface area contributed by atoms with Crippen molar-refractivity contribution in [2.75, 3.05) is 6.61 Å². The number of hydrogen-bond acceptors (Lipinski definition) is 6. The Bertz CT molecular complexity index is 1730. The lowest BCUT2D eigenvalue weighted by Crippen LogP contribution is -2.13. The van der Waals surface area contributed by atoms with Gasteiger partial charge in [-0.25, -0.2) is 9.50 Å². The summed E-state index contributed by atoms with van der Waals surface area (Å²) in [6.45, 7) is 14.6. The van der Waals surface area contributed by atoms with Crippen LogP contribution in [-0.2, 0) is 11.4 Å². The fraction of sp³-hybridized carbons (Fsp3) is 0.389. The monoisotopic (exact) mass is 592 g/mol. The molecule has 0 bridgehead atoms. The summed E-state index contributed by atoms with van der Waals surface area (Å²) in [7, 11) is 0. The van der Waals surface area contributed by atoms with Gasteiger partial charge in [-0.05, 0) is 93.6 Å². The summed E-state index contributed by atoms with van der Waals surface area (Å²) in [5, 5.41) is 23.3. The van der Waals surface area contributed by atoms with Crippen LogP contribution in [0.1, 0.15) is 87.4 Å². The fourth-order valence-electron chi connectivity index (χ4n) is 5.04. The SMILES string of the molecule is CC#CC(CC(=O)O)c1ccc(OCc2cc(-c3c(C)cc(OCCC(C)(C)C#N)cc3C)c3nc(C(C)C)nn3c2)cc1. The number of benzene rings is 2. The number of aliphatic carboxylic acids is 1. The first-order valence-electron chi connectivity index (χ1n) is 14.8. The molecule has 0 aliphatic carbocycles. The molecular weight excluding hydrogens is 552 g/mol. The number of aryl methyl sites for hydroxylation is 2. The van der Waals surface area contributed by atoms with Crippen molar-refractivity contribution in [3.63, 3.8) is 0 Å². The summed E-state index contributed by atoms with van der Waals surface area (Å²) >= 11 is 0. The van der Waals surface area contributed by atoms with Crippen molar-refractivity contribution in [1.29, 1.82) is 5.26 Å². The number of hydrogen-bond donors (Lipinski definition) is 1. The van der Waals surface area contributed by atoms with E-state index in [1.807, 2.05) is 61.0 Å². The molecule has 8 heteroatoms. The standard InChI is InChI=1S/C36H40N4O4/c1-8-9-28(19-32(41)42)27-10-12-29(13-11-27)44-21-26-18-31(35-38-34(23(2)3)39-40(35)20-26)33-24(4)16-30(17-25(33)5)43-15-14-36(6,7)22-37/h10-13,16-18,20,23,28H,14-15,19,21H2,1-7H3,(H,41,42). The van der Waals surface area contributed by atoms with E-state index in [1.165, 1.54) is 0 Å². The molecule has 0 amide bonds. The molecule has 2 aromatic carbocycles. The summed E-state index contributed by atoms with van der Waals surface area (Å²) in [5.41, 5.74) is 6.24. The molecule has 2 aromatic heterocycles. The van der Waals surface area contributed by atoms with Gasteiger partial charge in [-0.1, -0.05) is 31.9 Å². The van der Waals surface area contributed by atoms with Crippen LogP contribution in [-0.4, -0.2) is 32.3 Å². The van der Waals surface area contributed by atoms with E-state index < -0.39 is 11.4 Å². The maximum absolute atomic E-state index is 11.3. The molecular formula is C36H40N4O4. The van der Waals surface area contributed by atoms with Crippen LogP contribution < -0.4 is 9.47 Å². The minimum absolute atomic E-state index is 0.0502. The predicted octanol–water partition coefficient (Wildman–Crippen LogP) is 7.62. The highest BCUT2D eigenvalue weighted by Crippen LogP contribution is 2.35. The van der Waals surface area contributed by atoms with Crippen LogP contribution >= 0.6 is 0 Å². The van der Waals surface area contributed by atoms with Crippen LogP contribution in [0, 0.1) is 42.4 Å². The molecule has 0 saturated carbocycles. The topological polar surface area (TPSA) is 110 Å². The molecule has 1 unspecified atom stereocenters. The Hall–Kier alpha value is -4.82. The second-order valence-corrected chi connectivity index (χ2v) is 12.1. The Kier molecular flexibility index (Phi) is 9.96. The minimum Gasteiger partial charge on any atom is -0.494 e. The zero-order valence-electron chi connectivity index (χ0n) is 26.6. The van der Waals surface area contributed by atoms with Gasteiger partial charge < -0.3 is 14.6 Å². The third kappa shape index (κ3) is 7.76. The molecule has 0 spiro atoms. The maximum Gasteiger partial charge on any atom is 0.304 e. The fourth-order valence-corrected chi connectivity index (χ4v) is 5.04. The van der Waals surface area contributed by atoms with E-state index in [4.69, 9.17) is 19.6 Å². The molecule has 2 heterocycles. The Balaban J connectivity index is 1.63. The molecule has 44 heavy (non-hydrogen) atoms. The number of rotatable bonds is 12. The number of fused-ring (bicyclic) bond motifs is 1. The number of carboxylic acid groups (broad SMARTS) is 1. The average molecular weight is 593 g/mol. The van der Waals surface area contributed by atoms with Crippen molar-refractivity contribution in [3.8, 4) is 40.5 Å². The highest BCUT2D eigenvalue weighted by Gasteiger charge is 2.20. The van der Waals surface area contributed by atoms with Crippen LogP contribution in [0.3, 0.4) is 0 Å². The predicted molar refractivity (Wildman–Crippen MR) is 171 cm³/mol. The van der Waals surface area contributed by atoms with Gasteiger partial charge >= 0.3 is 5.97 Å². The lowest BCUT2D eigenvalue weighted by molar-refractivity contribution is -0.137. The largest absolute Gasteiger partial charge is 0.494 e. The maximum atomic E-state index is 11.3. The van der Waals surface area contributed by atoms with Gasteiger partial charge in [0.1, 0.15) is 18.1 Å². The third-order valence-corrected chi connectivity index (χ3v) is 7.48. The van der Waals surface area contributed by atoms with Gasteiger partial charge in [-0.3, -0.25) is 4.79 Å². The first-order chi connectivity index (χ1) is 20.9. The van der Waals surface area contributed by atoms with Gasteiger partial charge in [0.25, 0.3) is 0 Å². The summed E-state index contributed by atoms with van der Waals surface area (Å²) in [5.74, 6) is 6.93. The zero-order valence-corrected chi connectivity index (χ0v) is 26.6. The molecule has 4 rings (SSSR count). The van der Waals surface area contributed by atoms with Crippen LogP contribution in [0.25, 0.3) is 16.8 Å². The summed E-state index contributed by atoms with van der Waals surface area (Å²) in [4.78, 5) is 16.2. The van der Waals surface area contributed by atoms with E-state index >= 15 is 0 Å². The minimum atomic E-state index is -0.884. The normalized spacial score (nSPS) is 12.0. The Morgan fingerprint density at radius 1 is 1.07 bits per heavy atom. The highest BCUT2D eigenvalue weighted by atomic mass is 16.5. The summed E-state index contributed by atoms with van der Waals surface area (Å²) < 4.78 is 14.0. The lowest BCUT2D eigenvalue weighted by atomic mass is 9.92. The second-order valence-electron chi connectivity index (χ2n) is 12.1. The lowest BCUT2D eigenvalue weighted by Gasteiger charge is -2.18. The third-order valence-electron chi connectivity index (χ3n) is 7.48. The molecule has 1 atom stereocenters. The van der Waals surface area contributed by atoms with Crippen molar-refractivity contribution in [3.05, 3.63) is 76.7 Å². The van der Waals surface area contributed by atoms with Crippen molar-refractivity contribution in [1.82, 2.24) is 14.6 Å². The number of carbonyl (C=O) groups is 1. The van der Waals surface area contributed by atoms with Gasteiger partial charge in [0, 0.05) is 23.2 Å². The van der Waals surface area contributed by atoms with Gasteiger partial charge in [0.15, 0.2) is 11.5 Å². The average Bonchev–Trinajstić information content (AvgIpc) is 3.40. The van der Waals surface area contributed by atoms with Crippen molar-refractivity contribution in [2.24, 2.45) is 5.41 Å². The first-order valence-corrected chi connectivity index (χ1v) is 14.8. The molecule has 0 saturated heterocycles. The summed E-state index contributed by atoms with van der Waals surface area (Å²) in [6, 6.07) is 15.9. The van der Waals surface area contributed by atoms with Gasteiger partial charge in [-0.15, -0.1) is 5.92 Å². The molecule has 228 valence electrons. The Morgan fingerprint density at radius 3 is 2.34 bits per heavy atom. The number of aromatic nitrogens is 3. The van der Waals surface area contributed by atoms with Gasteiger partial charge in [0.2, 0.25) is 0 Å². The van der Waals surface area contributed by atoms with Gasteiger partial charge in [-0.2, -0.15) is 10.4 Å². The molecule has 1 N–H and O–H groups in total. The van der Waals surface area contributed by atoms with Crippen LogP contribution in [0.15, 0.2) is 48.7 Å². The zero-order chi connectivity index (χ0) is 32.0.